The monoisotopic (exact) mass is 452 g/mol. The summed E-state index contributed by atoms with van der Waals surface area (Å²) in [5.41, 5.74) is 2.39. The number of ether oxygens (including phenoxy) is 1. The van der Waals surface area contributed by atoms with Crippen molar-refractivity contribution in [2.24, 2.45) is 0 Å². The largest absolute Gasteiger partial charge is 0.472 e. The molecular formula is C22H21BrN4O2. The van der Waals surface area contributed by atoms with Crippen LogP contribution in [0.2, 0.25) is 0 Å². The summed E-state index contributed by atoms with van der Waals surface area (Å²) in [5.74, 6) is 1.12. The van der Waals surface area contributed by atoms with Gasteiger partial charge in [0.05, 0.1) is 12.1 Å². The first-order chi connectivity index (χ1) is 14.1. The number of pyridine rings is 1. The minimum atomic E-state index is -0.0809. The minimum Gasteiger partial charge on any atom is -0.472 e. The lowest BCUT2D eigenvalue weighted by atomic mass is 9.98. The van der Waals surface area contributed by atoms with Crippen molar-refractivity contribution in [3.8, 4) is 17.3 Å². The number of hydrogen-bond acceptors (Lipinski definition) is 5. The topological polar surface area (TPSA) is 68.2 Å². The molecule has 0 aliphatic carbocycles. The summed E-state index contributed by atoms with van der Waals surface area (Å²) < 4.78 is 6.92. The van der Waals surface area contributed by atoms with Crippen molar-refractivity contribution in [2.45, 2.75) is 25.9 Å². The molecule has 4 rings (SSSR count). The molecule has 148 valence electrons. The molecule has 0 bridgehead atoms. The maximum absolute atomic E-state index is 13.4. The van der Waals surface area contributed by atoms with Crippen molar-refractivity contribution in [3.63, 3.8) is 0 Å². The Morgan fingerprint density at radius 2 is 1.97 bits per heavy atom. The van der Waals surface area contributed by atoms with Crippen LogP contribution in [0.4, 0.5) is 0 Å². The third kappa shape index (κ3) is 4.45. The van der Waals surface area contributed by atoms with E-state index in [1.807, 2.05) is 42.2 Å². The molecule has 1 unspecified atom stereocenters. The van der Waals surface area contributed by atoms with Crippen LogP contribution in [0.1, 0.15) is 28.8 Å². The standard InChI is InChI=1S/C22H21BrN4O2/c1-15-5-2-7-18(20(15)21-24-10-4-11-25-21)22(28)27-12-3-6-17(14-27)29-19-9-8-16(23)13-26-19/h2,4-5,7-11,13,17H,3,6,12,14H2,1H3. The fraction of sp³-hybridized carbons (Fsp3) is 0.273. The molecule has 2 aromatic heterocycles. The molecule has 0 N–H and O–H groups in total. The molecule has 1 fully saturated rings. The molecular weight excluding hydrogens is 432 g/mol. The number of piperidine rings is 1. The number of aromatic nitrogens is 3. The molecule has 1 aromatic carbocycles. The van der Waals surface area contributed by atoms with E-state index in [4.69, 9.17) is 4.74 Å². The first-order valence-electron chi connectivity index (χ1n) is 9.56. The van der Waals surface area contributed by atoms with Crippen LogP contribution in [0.3, 0.4) is 0 Å². The first-order valence-corrected chi connectivity index (χ1v) is 10.4. The second-order valence-corrected chi connectivity index (χ2v) is 7.93. The van der Waals surface area contributed by atoms with Gasteiger partial charge in [-0.2, -0.15) is 0 Å². The Labute approximate surface area is 178 Å². The number of nitrogens with zero attached hydrogens (tertiary/aromatic N) is 4. The number of hydrogen-bond donors (Lipinski definition) is 0. The highest BCUT2D eigenvalue weighted by atomic mass is 79.9. The summed E-state index contributed by atoms with van der Waals surface area (Å²) in [6.45, 7) is 3.21. The van der Waals surface area contributed by atoms with Crippen LogP contribution >= 0.6 is 15.9 Å². The lowest BCUT2D eigenvalue weighted by Gasteiger charge is -2.33. The van der Waals surface area contributed by atoms with Gasteiger partial charge in [-0.15, -0.1) is 0 Å². The van der Waals surface area contributed by atoms with Crippen LogP contribution in [0.15, 0.2) is 59.5 Å². The molecule has 0 saturated carbocycles. The van der Waals surface area contributed by atoms with Crippen LogP contribution in [0, 0.1) is 6.92 Å². The number of amides is 1. The molecule has 0 radical (unpaired) electrons. The van der Waals surface area contributed by atoms with Gasteiger partial charge in [0.2, 0.25) is 5.88 Å². The van der Waals surface area contributed by atoms with Crippen molar-refractivity contribution in [1.29, 1.82) is 0 Å². The molecule has 29 heavy (non-hydrogen) atoms. The Kier molecular flexibility index (Phi) is 5.85. The molecule has 1 aliphatic heterocycles. The van der Waals surface area contributed by atoms with E-state index < -0.39 is 0 Å². The molecule has 1 saturated heterocycles. The van der Waals surface area contributed by atoms with Gasteiger partial charge in [-0.3, -0.25) is 4.79 Å². The lowest BCUT2D eigenvalue weighted by molar-refractivity contribution is 0.0528. The van der Waals surface area contributed by atoms with Gasteiger partial charge < -0.3 is 9.64 Å². The summed E-state index contributed by atoms with van der Waals surface area (Å²) in [7, 11) is 0. The molecule has 1 aliphatic rings. The first kappa shape index (κ1) is 19.5. The summed E-state index contributed by atoms with van der Waals surface area (Å²) in [6.07, 6.45) is 6.79. The fourth-order valence-corrected chi connectivity index (χ4v) is 3.80. The zero-order valence-corrected chi connectivity index (χ0v) is 17.7. The zero-order valence-electron chi connectivity index (χ0n) is 16.1. The average Bonchev–Trinajstić information content (AvgIpc) is 2.75. The number of aryl methyl sites for hydroxylation is 1. The number of halogens is 1. The summed E-state index contributed by atoms with van der Waals surface area (Å²) in [5, 5.41) is 0. The maximum atomic E-state index is 13.4. The van der Waals surface area contributed by atoms with E-state index in [1.54, 1.807) is 24.7 Å². The number of benzene rings is 1. The SMILES string of the molecule is Cc1cccc(C(=O)N2CCCC(Oc3ccc(Br)cn3)C2)c1-c1ncccn1. The zero-order chi connectivity index (χ0) is 20.2. The summed E-state index contributed by atoms with van der Waals surface area (Å²) >= 11 is 3.38. The molecule has 1 amide bonds. The van der Waals surface area contributed by atoms with Gasteiger partial charge in [-0.05, 0) is 59.5 Å². The molecule has 7 heteroatoms. The van der Waals surface area contributed by atoms with Gasteiger partial charge >= 0.3 is 0 Å². The Morgan fingerprint density at radius 1 is 1.14 bits per heavy atom. The normalized spacial score (nSPS) is 16.5. The van der Waals surface area contributed by atoms with E-state index >= 15 is 0 Å². The smallest absolute Gasteiger partial charge is 0.254 e. The third-order valence-electron chi connectivity index (χ3n) is 4.95. The van der Waals surface area contributed by atoms with Gasteiger partial charge in [0.25, 0.3) is 5.91 Å². The number of carbonyl (C=O) groups excluding carboxylic acids is 1. The highest BCUT2D eigenvalue weighted by Crippen LogP contribution is 2.27. The van der Waals surface area contributed by atoms with Crippen LogP contribution in [-0.4, -0.2) is 45.0 Å². The van der Waals surface area contributed by atoms with Crippen LogP contribution in [0.25, 0.3) is 11.4 Å². The van der Waals surface area contributed by atoms with Crippen LogP contribution in [0.5, 0.6) is 5.88 Å². The van der Waals surface area contributed by atoms with Crippen molar-refractivity contribution < 1.29 is 9.53 Å². The summed E-state index contributed by atoms with van der Waals surface area (Å²) in [4.78, 5) is 28.2. The highest BCUT2D eigenvalue weighted by molar-refractivity contribution is 9.10. The predicted octanol–water partition coefficient (Wildman–Crippen LogP) is 4.29. The van der Waals surface area contributed by atoms with Crippen LogP contribution in [-0.2, 0) is 0 Å². The fourth-order valence-electron chi connectivity index (χ4n) is 3.56. The Bertz CT molecular complexity index is 995. The molecule has 1 atom stereocenters. The van der Waals surface area contributed by atoms with Gasteiger partial charge in [0.15, 0.2) is 5.82 Å². The molecule has 0 spiro atoms. The maximum Gasteiger partial charge on any atom is 0.254 e. The van der Waals surface area contributed by atoms with Gasteiger partial charge in [0, 0.05) is 41.2 Å². The van der Waals surface area contributed by atoms with E-state index in [-0.39, 0.29) is 12.0 Å². The highest BCUT2D eigenvalue weighted by Gasteiger charge is 2.28. The van der Waals surface area contributed by atoms with Crippen molar-refractivity contribution in [3.05, 3.63) is 70.6 Å². The molecule has 3 heterocycles. The Morgan fingerprint density at radius 3 is 2.72 bits per heavy atom. The van der Waals surface area contributed by atoms with E-state index in [0.717, 1.165) is 28.4 Å². The second kappa shape index (κ2) is 8.69. The predicted molar refractivity (Wildman–Crippen MR) is 114 cm³/mol. The second-order valence-electron chi connectivity index (χ2n) is 7.02. The lowest BCUT2D eigenvalue weighted by Crippen LogP contribution is -2.44. The van der Waals surface area contributed by atoms with Gasteiger partial charge in [0.1, 0.15) is 6.10 Å². The van der Waals surface area contributed by atoms with Crippen LogP contribution < -0.4 is 4.74 Å². The van der Waals surface area contributed by atoms with E-state index in [0.29, 0.717) is 30.4 Å². The van der Waals surface area contributed by atoms with E-state index in [2.05, 4.69) is 30.9 Å². The molecule has 6 nitrogen and oxygen atoms in total. The Balaban J connectivity index is 1.55. The van der Waals surface area contributed by atoms with E-state index in [1.165, 1.54) is 0 Å². The summed E-state index contributed by atoms with van der Waals surface area (Å²) in [6, 6.07) is 11.2. The minimum absolute atomic E-state index is 0.0202. The average molecular weight is 453 g/mol. The Hall–Kier alpha value is -2.80. The van der Waals surface area contributed by atoms with Gasteiger partial charge in [-0.1, -0.05) is 12.1 Å². The number of carbonyl (C=O) groups is 1. The number of rotatable bonds is 4. The van der Waals surface area contributed by atoms with Crippen molar-refractivity contribution >= 4 is 21.8 Å². The van der Waals surface area contributed by atoms with E-state index in [9.17, 15) is 4.79 Å². The molecule has 3 aromatic rings. The van der Waals surface area contributed by atoms with Crippen molar-refractivity contribution in [1.82, 2.24) is 19.9 Å². The van der Waals surface area contributed by atoms with Crippen molar-refractivity contribution in [2.75, 3.05) is 13.1 Å². The number of likely N-dealkylation sites (tertiary alicyclic amines) is 1. The van der Waals surface area contributed by atoms with Gasteiger partial charge in [-0.25, -0.2) is 15.0 Å². The quantitative estimate of drug-likeness (QED) is 0.590. The third-order valence-corrected chi connectivity index (χ3v) is 5.41.